The highest BCUT2D eigenvalue weighted by Gasteiger charge is 2.31. The van der Waals surface area contributed by atoms with Gasteiger partial charge in [0.1, 0.15) is 12.4 Å². The van der Waals surface area contributed by atoms with Crippen LogP contribution in [0.5, 0.6) is 11.5 Å². The first-order chi connectivity index (χ1) is 14.0. The molecule has 1 N–H and O–H groups in total. The van der Waals surface area contributed by atoms with E-state index in [9.17, 15) is 9.18 Å². The maximum absolute atomic E-state index is 13.6. The molecule has 4 rings (SSSR count). The Bertz CT molecular complexity index is 1090. The van der Waals surface area contributed by atoms with Crippen LogP contribution in [0, 0.1) is 5.82 Å². The topological polar surface area (TPSA) is 74.6 Å². The zero-order chi connectivity index (χ0) is 20.5. The maximum Gasteiger partial charge on any atom is 0.273 e. The number of anilines is 2. The number of nitrogens with one attached hydrogen (secondary N) is 1. The highest BCUT2D eigenvalue weighted by atomic mass is 19.1. The van der Waals surface area contributed by atoms with Gasteiger partial charge in [0.2, 0.25) is 0 Å². The van der Waals surface area contributed by atoms with Crippen molar-refractivity contribution in [3.05, 3.63) is 53.3 Å². The Labute approximate surface area is 167 Å². The van der Waals surface area contributed by atoms with Crippen LogP contribution in [0.3, 0.4) is 0 Å². The third-order valence-corrected chi connectivity index (χ3v) is 4.81. The lowest BCUT2D eigenvalue weighted by Crippen LogP contribution is -2.19. The van der Waals surface area contributed by atoms with Gasteiger partial charge in [0.05, 0.1) is 19.9 Å². The number of methoxy groups -OCH3 is 3. The predicted octanol–water partition coefficient (Wildman–Crippen LogP) is 3.64. The van der Waals surface area contributed by atoms with Gasteiger partial charge < -0.3 is 19.5 Å². The van der Waals surface area contributed by atoms with Crippen molar-refractivity contribution in [2.24, 2.45) is 0 Å². The Hall–Kier alpha value is -3.39. The van der Waals surface area contributed by atoms with Gasteiger partial charge in [-0.05, 0) is 35.9 Å². The van der Waals surface area contributed by atoms with Gasteiger partial charge in [-0.25, -0.2) is 4.39 Å². The van der Waals surface area contributed by atoms with Crippen LogP contribution in [-0.4, -0.2) is 43.6 Å². The van der Waals surface area contributed by atoms with E-state index in [0.29, 0.717) is 35.1 Å². The van der Waals surface area contributed by atoms with Crippen molar-refractivity contribution < 1.29 is 23.4 Å². The van der Waals surface area contributed by atoms with Gasteiger partial charge in [-0.1, -0.05) is 6.07 Å². The van der Waals surface area contributed by atoms with E-state index in [1.54, 1.807) is 26.4 Å². The molecule has 0 unspecified atom stereocenters. The fourth-order valence-corrected chi connectivity index (χ4v) is 3.54. The number of hydrogen-bond donors (Lipinski definition) is 1. The molecule has 0 spiro atoms. The molecule has 150 valence electrons. The Balaban J connectivity index is 1.84. The van der Waals surface area contributed by atoms with E-state index in [1.165, 1.54) is 23.9 Å². The number of nitrogens with zero attached hydrogens (tertiary/aromatic N) is 2. The summed E-state index contributed by atoms with van der Waals surface area (Å²) in [7, 11) is 4.59. The Morgan fingerprint density at radius 1 is 1.17 bits per heavy atom. The highest BCUT2D eigenvalue weighted by Crippen LogP contribution is 2.45. The van der Waals surface area contributed by atoms with E-state index in [4.69, 9.17) is 14.2 Å². The van der Waals surface area contributed by atoms with Crippen LogP contribution in [0.15, 0.2) is 36.4 Å². The van der Waals surface area contributed by atoms with Crippen molar-refractivity contribution in [2.75, 3.05) is 33.3 Å². The molecule has 1 aliphatic rings. The summed E-state index contributed by atoms with van der Waals surface area (Å²) in [6, 6.07) is 9.81. The van der Waals surface area contributed by atoms with E-state index in [-0.39, 0.29) is 18.3 Å². The quantitative estimate of drug-likeness (QED) is 0.535. The number of hydrogen-bond acceptors (Lipinski definition) is 6. The largest absolute Gasteiger partial charge is 0.493 e. The van der Waals surface area contributed by atoms with Crippen molar-refractivity contribution in [3.8, 4) is 22.8 Å². The lowest BCUT2D eigenvalue weighted by atomic mass is 10.1. The number of carbonyl (C=O) groups is 1. The molecule has 0 atom stereocenters. The van der Waals surface area contributed by atoms with Crippen molar-refractivity contribution in [3.63, 3.8) is 0 Å². The van der Waals surface area contributed by atoms with Crippen LogP contribution >= 0.6 is 0 Å². The lowest BCUT2D eigenvalue weighted by molar-refractivity contribution is 0.0748. The fourth-order valence-electron chi connectivity index (χ4n) is 3.54. The molecule has 29 heavy (non-hydrogen) atoms. The SMILES string of the molecule is COCC(=O)n1nc(Nc2cccc(F)c2)c2c1-c1cc(OC)c(OC)cc1C2. The molecule has 7 nitrogen and oxygen atoms in total. The Kier molecular flexibility index (Phi) is 4.94. The third kappa shape index (κ3) is 3.31. The number of halogens is 1. The van der Waals surface area contributed by atoms with E-state index in [1.807, 2.05) is 12.1 Å². The van der Waals surface area contributed by atoms with Crippen LogP contribution in [0.2, 0.25) is 0 Å². The molecular weight excluding hydrogens is 377 g/mol. The maximum atomic E-state index is 13.6. The number of rotatable bonds is 6. The Morgan fingerprint density at radius 2 is 1.93 bits per heavy atom. The van der Waals surface area contributed by atoms with E-state index < -0.39 is 0 Å². The van der Waals surface area contributed by atoms with Gasteiger partial charge in [-0.2, -0.15) is 4.68 Å². The second-order valence-corrected chi connectivity index (χ2v) is 6.59. The van der Waals surface area contributed by atoms with Gasteiger partial charge in [-0.3, -0.25) is 4.79 Å². The summed E-state index contributed by atoms with van der Waals surface area (Å²) in [5, 5.41) is 7.58. The van der Waals surface area contributed by atoms with Crippen molar-refractivity contribution in [1.82, 2.24) is 9.78 Å². The molecule has 0 fully saturated rings. The minimum absolute atomic E-state index is 0.115. The minimum atomic E-state index is -0.362. The van der Waals surface area contributed by atoms with Crippen LogP contribution < -0.4 is 14.8 Å². The molecule has 1 aromatic heterocycles. The van der Waals surface area contributed by atoms with Crippen LogP contribution in [-0.2, 0) is 11.2 Å². The molecular formula is C21H20FN3O4. The predicted molar refractivity (Wildman–Crippen MR) is 106 cm³/mol. The smallest absolute Gasteiger partial charge is 0.273 e. The second-order valence-electron chi connectivity index (χ2n) is 6.59. The average molecular weight is 397 g/mol. The van der Waals surface area contributed by atoms with Crippen molar-refractivity contribution in [1.29, 1.82) is 0 Å². The standard InChI is InChI=1S/C21H20FN3O4/c1-27-11-19(26)25-20-15-10-18(29-3)17(28-2)8-12(15)7-16(20)21(24-25)23-14-6-4-5-13(22)9-14/h4-6,8-10H,7,11H2,1-3H3,(H,23,24). The number of carbonyl (C=O) groups excluding carboxylic acids is 1. The second kappa shape index (κ2) is 7.56. The van der Waals surface area contributed by atoms with E-state index in [0.717, 1.165) is 16.7 Å². The molecule has 0 saturated carbocycles. The monoisotopic (exact) mass is 397 g/mol. The third-order valence-electron chi connectivity index (χ3n) is 4.81. The van der Waals surface area contributed by atoms with Crippen molar-refractivity contribution >= 4 is 17.4 Å². The first-order valence-corrected chi connectivity index (χ1v) is 8.97. The van der Waals surface area contributed by atoms with E-state index >= 15 is 0 Å². The molecule has 1 aliphatic carbocycles. The summed E-state index contributed by atoms with van der Waals surface area (Å²) in [5.74, 6) is 0.992. The molecule has 0 radical (unpaired) electrons. The number of aromatic nitrogens is 2. The molecule has 1 heterocycles. The summed E-state index contributed by atoms with van der Waals surface area (Å²) in [4.78, 5) is 12.6. The van der Waals surface area contributed by atoms with Crippen LogP contribution in [0.1, 0.15) is 15.9 Å². The summed E-state index contributed by atoms with van der Waals surface area (Å²) in [5.41, 5.74) is 3.87. The summed E-state index contributed by atoms with van der Waals surface area (Å²) in [6.45, 7) is -0.115. The van der Waals surface area contributed by atoms with E-state index in [2.05, 4.69) is 10.4 Å². The zero-order valence-corrected chi connectivity index (χ0v) is 16.3. The molecule has 3 aromatic rings. The van der Waals surface area contributed by atoms with Crippen LogP contribution in [0.4, 0.5) is 15.9 Å². The normalized spacial score (nSPS) is 11.7. The van der Waals surface area contributed by atoms with Gasteiger partial charge in [0, 0.05) is 30.3 Å². The van der Waals surface area contributed by atoms with Gasteiger partial charge >= 0.3 is 0 Å². The highest BCUT2D eigenvalue weighted by molar-refractivity contribution is 5.91. The Morgan fingerprint density at radius 3 is 2.62 bits per heavy atom. The lowest BCUT2D eigenvalue weighted by Gasteiger charge is -2.11. The van der Waals surface area contributed by atoms with Crippen LogP contribution in [0.25, 0.3) is 11.3 Å². The number of fused-ring (bicyclic) bond motifs is 3. The van der Waals surface area contributed by atoms with Gasteiger partial charge in [0.25, 0.3) is 5.91 Å². The number of ether oxygens (including phenoxy) is 3. The van der Waals surface area contributed by atoms with Gasteiger partial charge in [0.15, 0.2) is 17.3 Å². The molecule has 0 amide bonds. The van der Waals surface area contributed by atoms with Crippen molar-refractivity contribution in [2.45, 2.75) is 6.42 Å². The minimum Gasteiger partial charge on any atom is -0.493 e. The fraction of sp³-hybridized carbons (Fsp3) is 0.238. The average Bonchev–Trinajstić information content (AvgIpc) is 3.24. The number of benzene rings is 2. The summed E-state index contributed by atoms with van der Waals surface area (Å²) >= 11 is 0. The molecule has 0 bridgehead atoms. The summed E-state index contributed by atoms with van der Waals surface area (Å²) in [6.07, 6.45) is 0.545. The molecule has 2 aromatic carbocycles. The van der Waals surface area contributed by atoms with Gasteiger partial charge in [-0.15, -0.1) is 5.10 Å². The first-order valence-electron chi connectivity index (χ1n) is 8.97. The molecule has 0 saturated heterocycles. The summed E-state index contributed by atoms with van der Waals surface area (Å²) < 4.78 is 30.8. The first kappa shape index (κ1) is 18.9. The molecule has 0 aliphatic heterocycles. The molecule has 8 heteroatoms. The zero-order valence-electron chi connectivity index (χ0n) is 16.3.